The first kappa shape index (κ1) is 16.9. The molecule has 0 heterocycles. The zero-order valence-electron chi connectivity index (χ0n) is 13.8. The molecule has 21 heavy (non-hydrogen) atoms. The van der Waals surface area contributed by atoms with Gasteiger partial charge >= 0.3 is 0 Å². The molecule has 0 saturated heterocycles. The Morgan fingerprint density at radius 2 is 1.67 bits per heavy atom. The molecule has 0 N–H and O–H groups in total. The minimum Gasteiger partial charge on any atom is -0.304 e. The fraction of sp³-hybridized carbons (Fsp3) is 0.684. The van der Waals surface area contributed by atoms with Crippen molar-refractivity contribution >= 4 is 11.8 Å². The molecule has 1 aliphatic rings. The molecule has 1 aliphatic carbocycles. The van der Waals surface area contributed by atoms with Gasteiger partial charge in [0.15, 0.2) is 0 Å². The topological polar surface area (TPSA) is 3.24 Å². The highest BCUT2D eigenvalue weighted by Crippen LogP contribution is 2.33. The van der Waals surface area contributed by atoms with E-state index < -0.39 is 0 Å². The van der Waals surface area contributed by atoms with Crippen LogP contribution in [0.4, 0.5) is 0 Å². The molecule has 2 rings (SSSR count). The van der Waals surface area contributed by atoms with Crippen molar-refractivity contribution in [1.29, 1.82) is 0 Å². The van der Waals surface area contributed by atoms with E-state index in [1.54, 1.807) is 0 Å². The summed E-state index contributed by atoms with van der Waals surface area (Å²) >= 11 is 2.10. The lowest BCUT2D eigenvalue weighted by Gasteiger charge is -2.21. The average Bonchev–Trinajstić information content (AvgIpc) is 2.54. The highest BCUT2D eigenvalue weighted by atomic mass is 32.2. The first-order valence-corrected chi connectivity index (χ1v) is 9.67. The highest BCUT2D eigenvalue weighted by molar-refractivity contribution is 8.00. The molecule has 0 radical (unpaired) electrons. The van der Waals surface area contributed by atoms with Gasteiger partial charge < -0.3 is 4.90 Å². The van der Waals surface area contributed by atoms with Crippen LogP contribution in [0, 0.1) is 0 Å². The Morgan fingerprint density at radius 1 is 1.00 bits per heavy atom. The van der Waals surface area contributed by atoms with Crippen LogP contribution in [0.5, 0.6) is 0 Å². The Labute approximate surface area is 135 Å². The average molecular weight is 306 g/mol. The Bertz CT molecular complexity index is 377. The molecule has 1 aromatic rings. The zero-order chi connectivity index (χ0) is 14.9. The van der Waals surface area contributed by atoms with E-state index in [0.717, 1.165) is 5.25 Å². The van der Waals surface area contributed by atoms with Crippen LogP contribution in [0.25, 0.3) is 0 Å². The molecule has 1 fully saturated rings. The Kier molecular flexibility index (Phi) is 7.66. The van der Waals surface area contributed by atoms with Crippen molar-refractivity contribution in [3.05, 3.63) is 29.8 Å². The molecule has 0 amide bonds. The van der Waals surface area contributed by atoms with Crippen LogP contribution >= 0.6 is 11.8 Å². The van der Waals surface area contributed by atoms with E-state index in [0.29, 0.717) is 0 Å². The lowest BCUT2D eigenvalue weighted by atomic mass is 10.0. The van der Waals surface area contributed by atoms with Gasteiger partial charge in [0.2, 0.25) is 0 Å². The summed E-state index contributed by atoms with van der Waals surface area (Å²) in [6.07, 6.45) is 9.62. The lowest BCUT2D eigenvalue weighted by molar-refractivity contribution is 0.300. The van der Waals surface area contributed by atoms with Crippen LogP contribution in [0.3, 0.4) is 0 Å². The number of nitrogens with zero attached hydrogens (tertiary/aromatic N) is 1. The van der Waals surface area contributed by atoms with Gasteiger partial charge in [-0.1, -0.05) is 45.2 Å². The SMILES string of the molecule is CCN(CC)CCCc1ccc(SC2CCCCC2)cc1. The summed E-state index contributed by atoms with van der Waals surface area (Å²) in [7, 11) is 0. The molecule has 0 bridgehead atoms. The number of hydrogen-bond donors (Lipinski definition) is 0. The predicted molar refractivity (Wildman–Crippen MR) is 95.3 cm³/mol. The van der Waals surface area contributed by atoms with Crippen LogP contribution in [0.1, 0.15) is 57.9 Å². The smallest absolute Gasteiger partial charge is 0.00944 e. The van der Waals surface area contributed by atoms with Crippen molar-refractivity contribution in [2.75, 3.05) is 19.6 Å². The molecule has 1 nitrogen and oxygen atoms in total. The number of hydrogen-bond acceptors (Lipinski definition) is 2. The minimum absolute atomic E-state index is 0.868. The number of rotatable bonds is 8. The van der Waals surface area contributed by atoms with E-state index in [9.17, 15) is 0 Å². The van der Waals surface area contributed by atoms with E-state index >= 15 is 0 Å². The number of thioether (sulfide) groups is 1. The van der Waals surface area contributed by atoms with Crippen molar-refractivity contribution in [2.24, 2.45) is 0 Å². The summed E-state index contributed by atoms with van der Waals surface area (Å²) in [4.78, 5) is 3.97. The first-order valence-electron chi connectivity index (χ1n) is 8.79. The monoisotopic (exact) mass is 305 g/mol. The quantitative estimate of drug-likeness (QED) is 0.634. The molecule has 0 atom stereocenters. The molecule has 0 aromatic heterocycles. The van der Waals surface area contributed by atoms with Crippen LogP contribution < -0.4 is 0 Å². The van der Waals surface area contributed by atoms with Gasteiger partial charge in [0, 0.05) is 10.1 Å². The summed E-state index contributed by atoms with van der Waals surface area (Å²) in [6, 6.07) is 9.36. The fourth-order valence-electron chi connectivity index (χ4n) is 3.16. The molecule has 1 saturated carbocycles. The first-order chi connectivity index (χ1) is 10.3. The van der Waals surface area contributed by atoms with Gasteiger partial charge in [-0.05, 0) is 63.0 Å². The van der Waals surface area contributed by atoms with E-state index in [2.05, 4.69) is 54.8 Å². The summed E-state index contributed by atoms with van der Waals surface area (Å²) < 4.78 is 0. The van der Waals surface area contributed by atoms with Crippen molar-refractivity contribution in [2.45, 2.75) is 68.9 Å². The van der Waals surface area contributed by atoms with Gasteiger partial charge in [0.25, 0.3) is 0 Å². The molecule has 0 spiro atoms. The van der Waals surface area contributed by atoms with E-state index in [1.165, 1.54) is 75.0 Å². The van der Waals surface area contributed by atoms with Gasteiger partial charge in [-0.3, -0.25) is 0 Å². The van der Waals surface area contributed by atoms with Gasteiger partial charge in [-0.15, -0.1) is 11.8 Å². The van der Waals surface area contributed by atoms with Crippen LogP contribution in [0.15, 0.2) is 29.2 Å². The van der Waals surface area contributed by atoms with Crippen molar-refractivity contribution < 1.29 is 0 Å². The lowest BCUT2D eigenvalue weighted by Crippen LogP contribution is -2.24. The molecular weight excluding hydrogens is 274 g/mol. The molecule has 0 aliphatic heterocycles. The zero-order valence-corrected chi connectivity index (χ0v) is 14.6. The van der Waals surface area contributed by atoms with Crippen molar-refractivity contribution in [1.82, 2.24) is 4.90 Å². The van der Waals surface area contributed by atoms with Crippen molar-refractivity contribution in [3.63, 3.8) is 0 Å². The number of aryl methyl sites for hydroxylation is 1. The molecule has 2 heteroatoms. The standard InChI is InChI=1S/C19H31NS/c1-3-20(4-2)16-8-9-17-12-14-19(15-13-17)21-18-10-6-5-7-11-18/h12-15,18H,3-11,16H2,1-2H3. The molecule has 1 aromatic carbocycles. The van der Waals surface area contributed by atoms with Gasteiger partial charge in [-0.2, -0.15) is 0 Å². The predicted octanol–water partition coefficient (Wildman–Crippen LogP) is 5.39. The summed E-state index contributed by atoms with van der Waals surface area (Å²) in [6.45, 7) is 8.08. The van der Waals surface area contributed by atoms with E-state index in [-0.39, 0.29) is 0 Å². The minimum atomic E-state index is 0.868. The third-order valence-electron chi connectivity index (χ3n) is 4.61. The van der Waals surface area contributed by atoms with Crippen molar-refractivity contribution in [3.8, 4) is 0 Å². The second-order valence-corrected chi connectivity index (χ2v) is 7.53. The van der Waals surface area contributed by atoms with E-state index in [1.807, 2.05) is 0 Å². The Morgan fingerprint density at radius 3 is 2.29 bits per heavy atom. The van der Waals surface area contributed by atoms with Gasteiger partial charge in [-0.25, -0.2) is 0 Å². The van der Waals surface area contributed by atoms with Crippen LogP contribution in [0.2, 0.25) is 0 Å². The summed E-state index contributed by atoms with van der Waals surface area (Å²) in [5.74, 6) is 0. The third-order valence-corrected chi connectivity index (χ3v) is 5.96. The normalized spacial score (nSPS) is 16.5. The fourth-order valence-corrected chi connectivity index (χ4v) is 4.40. The maximum absolute atomic E-state index is 2.51. The molecular formula is C19H31NS. The van der Waals surface area contributed by atoms with Crippen LogP contribution in [-0.4, -0.2) is 29.8 Å². The van der Waals surface area contributed by atoms with Crippen LogP contribution in [-0.2, 0) is 6.42 Å². The Hall–Kier alpha value is -0.470. The second kappa shape index (κ2) is 9.53. The molecule has 118 valence electrons. The summed E-state index contributed by atoms with van der Waals surface area (Å²) in [5.41, 5.74) is 1.50. The largest absolute Gasteiger partial charge is 0.304 e. The van der Waals surface area contributed by atoms with Gasteiger partial charge in [0.1, 0.15) is 0 Å². The highest BCUT2D eigenvalue weighted by Gasteiger charge is 2.14. The summed E-state index contributed by atoms with van der Waals surface area (Å²) in [5, 5.41) is 0.868. The van der Waals surface area contributed by atoms with Gasteiger partial charge in [0.05, 0.1) is 0 Å². The maximum Gasteiger partial charge on any atom is 0.00944 e. The number of benzene rings is 1. The Balaban J connectivity index is 1.73. The third kappa shape index (κ3) is 6.04. The van der Waals surface area contributed by atoms with E-state index in [4.69, 9.17) is 0 Å². The molecule has 0 unspecified atom stereocenters. The maximum atomic E-state index is 2.51. The second-order valence-electron chi connectivity index (χ2n) is 6.15.